The standard InChI is InChI=1S/C22H25N3O5/c1-14(18-12-17(29-3)10-11-19(18)30-4)23-20(26)13-24-21(27)15(2)25(22(24)28)16-8-6-5-7-9-16/h5-12,14-15H,13H2,1-4H3,(H,23,26). The minimum atomic E-state index is -0.677. The SMILES string of the molecule is COc1ccc(OC)c(C(C)NC(=O)CN2C(=O)C(C)N(c3ccccc3)C2=O)c1. The van der Waals surface area contributed by atoms with E-state index < -0.39 is 29.9 Å². The highest BCUT2D eigenvalue weighted by Gasteiger charge is 2.44. The van der Waals surface area contributed by atoms with Crippen LogP contribution in [0.5, 0.6) is 11.5 Å². The number of methoxy groups -OCH3 is 2. The topological polar surface area (TPSA) is 88.2 Å². The molecule has 2 unspecified atom stereocenters. The minimum absolute atomic E-state index is 0.359. The largest absolute Gasteiger partial charge is 0.497 e. The van der Waals surface area contributed by atoms with Gasteiger partial charge in [-0.3, -0.25) is 19.4 Å². The van der Waals surface area contributed by atoms with E-state index in [-0.39, 0.29) is 6.54 Å². The van der Waals surface area contributed by atoms with Gasteiger partial charge in [0, 0.05) is 11.3 Å². The summed E-state index contributed by atoms with van der Waals surface area (Å²) in [5.74, 6) is 0.367. The first-order chi connectivity index (χ1) is 14.4. The predicted octanol–water partition coefficient (Wildman–Crippen LogP) is 2.74. The molecular weight excluding hydrogens is 386 g/mol. The average Bonchev–Trinajstić information content (AvgIpc) is 2.96. The van der Waals surface area contributed by atoms with Crippen molar-refractivity contribution in [3.8, 4) is 11.5 Å². The van der Waals surface area contributed by atoms with E-state index in [2.05, 4.69) is 5.32 Å². The molecule has 1 aliphatic heterocycles. The number of amides is 4. The van der Waals surface area contributed by atoms with Crippen molar-refractivity contribution in [3.63, 3.8) is 0 Å². The van der Waals surface area contributed by atoms with Gasteiger partial charge in [0.05, 0.1) is 20.3 Å². The molecule has 158 valence electrons. The first-order valence-electron chi connectivity index (χ1n) is 9.58. The number of imide groups is 1. The lowest BCUT2D eigenvalue weighted by Crippen LogP contribution is -2.42. The van der Waals surface area contributed by atoms with Crippen LogP contribution in [0.3, 0.4) is 0 Å². The monoisotopic (exact) mass is 411 g/mol. The van der Waals surface area contributed by atoms with Gasteiger partial charge in [-0.15, -0.1) is 0 Å². The van der Waals surface area contributed by atoms with E-state index in [1.165, 1.54) is 4.90 Å². The van der Waals surface area contributed by atoms with Crippen LogP contribution >= 0.6 is 0 Å². The minimum Gasteiger partial charge on any atom is -0.497 e. The Morgan fingerprint density at radius 2 is 1.80 bits per heavy atom. The molecule has 2 atom stereocenters. The highest BCUT2D eigenvalue weighted by molar-refractivity contribution is 6.15. The van der Waals surface area contributed by atoms with E-state index in [1.54, 1.807) is 70.5 Å². The third-order valence-electron chi connectivity index (χ3n) is 5.06. The van der Waals surface area contributed by atoms with Gasteiger partial charge in [0.2, 0.25) is 5.91 Å². The zero-order valence-electron chi connectivity index (χ0n) is 17.4. The molecule has 30 heavy (non-hydrogen) atoms. The molecule has 1 N–H and O–H groups in total. The summed E-state index contributed by atoms with van der Waals surface area (Å²) in [5.41, 5.74) is 1.34. The second-order valence-corrected chi connectivity index (χ2v) is 6.99. The molecule has 3 rings (SSSR count). The van der Waals surface area contributed by atoms with Crippen LogP contribution in [-0.4, -0.2) is 49.6 Å². The molecule has 2 aromatic rings. The van der Waals surface area contributed by atoms with Crippen molar-refractivity contribution in [1.29, 1.82) is 0 Å². The van der Waals surface area contributed by atoms with Gasteiger partial charge in [-0.25, -0.2) is 4.79 Å². The molecule has 0 radical (unpaired) electrons. The molecule has 2 aromatic carbocycles. The summed E-state index contributed by atoms with van der Waals surface area (Å²) in [5, 5.41) is 2.82. The Labute approximate surface area is 175 Å². The van der Waals surface area contributed by atoms with E-state index in [0.717, 1.165) is 10.5 Å². The maximum atomic E-state index is 12.8. The molecule has 0 aromatic heterocycles. The smallest absolute Gasteiger partial charge is 0.332 e. The number of carbonyl (C=O) groups is 3. The van der Waals surface area contributed by atoms with Gasteiger partial charge in [-0.05, 0) is 44.2 Å². The summed E-state index contributed by atoms with van der Waals surface area (Å²) in [6, 6.07) is 12.6. The van der Waals surface area contributed by atoms with Gasteiger partial charge in [0.15, 0.2) is 0 Å². The summed E-state index contributed by atoms with van der Waals surface area (Å²) in [7, 11) is 3.10. The normalized spacial score (nSPS) is 17.1. The molecule has 1 heterocycles. The molecule has 8 nitrogen and oxygen atoms in total. The first kappa shape index (κ1) is 21.2. The zero-order chi connectivity index (χ0) is 21.8. The maximum absolute atomic E-state index is 12.8. The van der Waals surface area contributed by atoms with E-state index in [0.29, 0.717) is 17.2 Å². The summed E-state index contributed by atoms with van der Waals surface area (Å²) >= 11 is 0. The van der Waals surface area contributed by atoms with Crippen LogP contribution in [0.25, 0.3) is 0 Å². The maximum Gasteiger partial charge on any atom is 0.332 e. The van der Waals surface area contributed by atoms with Crippen molar-refractivity contribution in [1.82, 2.24) is 10.2 Å². The second-order valence-electron chi connectivity index (χ2n) is 6.99. The molecule has 8 heteroatoms. The Bertz CT molecular complexity index is 947. The van der Waals surface area contributed by atoms with Crippen LogP contribution < -0.4 is 19.7 Å². The molecular formula is C22H25N3O5. The molecule has 0 saturated carbocycles. The first-order valence-corrected chi connectivity index (χ1v) is 9.58. The van der Waals surface area contributed by atoms with Crippen molar-refractivity contribution in [2.45, 2.75) is 25.9 Å². The number of nitrogens with zero attached hydrogens (tertiary/aromatic N) is 2. The number of urea groups is 1. The average molecular weight is 411 g/mol. The Kier molecular flexibility index (Phi) is 6.25. The fraction of sp³-hybridized carbons (Fsp3) is 0.318. The van der Waals surface area contributed by atoms with Gasteiger partial charge in [-0.1, -0.05) is 18.2 Å². The fourth-order valence-electron chi connectivity index (χ4n) is 3.48. The third kappa shape index (κ3) is 4.07. The molecule has 0 bridgehead atoms. The number of hydrogen-bond donors (Lipinski definition) is 1. The van der Waals surface area contributed by atoms with E-state index in [4.69, 9.17) is 9.47 Å². The molecule has 4 amide bonds. The Morgan fingerprint density at radius 3 is 2.43 bits per heavy atom. The van der Waals surface area contributed by atoms with E-state index in [9.17, 15) is 14.4 Å². The van der Waals surface area contributed by atoms with Gasteiger partial charge in [0.1, 0.15) is 24.1 Å². The van der Waals surface area contributed by atoms with Gasteiger partial charge in [-0.2, -0.15) is 0 Å². The lowest BCUT2D eigenvalue weighted by atomic mass is 10.1. The number of benzene rings is 2. The van der Waals surface area contributed by atoms with Gasteiger partial charge in [0.25, 0.3) is 5.91 Å². The third-order valence-corrected chi connectivity index (χ3v) is 5.06. The van der Waals surface area contributed by atoms with Crippen molar-refractivity contribution >= 4 is 23.5 Å². The quantitative estimate of drug-likeness (QED) is 0.708. The summed E-state index contributed by atoms with van der Waals surface area (Å²) in [4.78, 5) is 40.4. The molecule has 0 aliphatic carbocycles. The Hall–Kier alpha value is -3.55. The number of ether oxygens (including phenoxy) is 2. The number of para-hydroxylation sites is 1. The molecule has 1 fully saturated rings. The van der Waals surface area contributed by atoms with Gasteiger partial charge >= 0.3 is 6.03 Å². The second kappa shape index (κ2) is 8.86. The number of rotatable bonds is 7. The highest BCUT2D eigenvalue weighted by Crippen LogP contribution is 2.29. The molecule has 0 spiro atoms. The van der Waals surface area contributed by atoms with Crippen molar-refractivity contribution in [2.75, 3.05) is 25.7 Å². The fourth-order valence-corrected chi connectivity index (χ4v) is 3.48. The Morgan fingerprint density at radius 1 is 1.10 bits per heavy atom. The summed E-state index contributed by atoms with van der Waals surface area (Å²) in [6.07, 6.45) is 0. The number of anilines is 1. The van der Waals surface area contributed by atoms with Gasteiger partial charge < -0.3 is 14.8 Å². The lowest BCUT2D eigenvalue weighted by molar-refractivity contribution is -0.132. The van der Waals surface area contributed by atoms with Crippen LogP contribution in [0.1, 0.15) is 25.5 Å². The predicted molar refractivity (Wildman–Crippen MR) is 112 cm³/mol. The number of carbonyl (C=O) groups excluding carboxylic acids is 3. The Balaban J connectivity index is 1.72. The number of hydrogen-bond acceptors (Lipinski definition) is 5. The summed E-state index contributed by atoms with van der Waals surface area (Å²) < 4.78 is 10.6. The van der Waals surface area contributed by atoms with E-state index in [1.807, 2.05) is 6.07 Å². The summed E-state index contributed by atoms with van der Waals surface area (Å²) in [6.45, 7) is 3.08. The highest BCUT2D eigenvalue weighted by atomic mass is 16.5. The number of nitrogens with one attached hydrogen (secondary N) is 1. The zero-order valence-corrected chi connectivity index (χ0v) is 17.4. The van der Waals surface area contributed by atoms with E-state index >= 15 is 0 Å². The van der Waals surface area contributed by atoms with Crippen LogP contribution in [0, 0.1) is 0 Å². The molecule has 1 saturated heterocycles. The van der Waals surface area contributed by atoms with Crippen LogP contribution in [-0.2, 0) is 9.59 Å². The van der Waals surface area contributed by atoms with Crippen LogP contribution in [0.15, 0.2) is 48.5 Å². The van der Waals surface area contributed by atoms with Crippen LogP contribution in [0.4, 0.5) is 10.5 Å². The van der Waals surface area contributed by atoms with Crippen LogP contribution in [0.2, 0.25) is 0 Å². The van der Waals surface area contributed by atoms with Crippen molar-refractivity contribution < 1.29 is 23.9 Å². The van der Waals surface area contributed by atoms with Crippen molar-refractivity contribution in [2.24, 2.45) is 0 Å². The molecule has 1 aliphatic rings. The van der Waals surface area contributed by atoms with Crippen molar-refractivity contribution in [3.05, 3.63) is 54.1 Å². The lowest BCUT2D eigenvalue weighted by Gasteiger charge is -2.21.